The lowest BCUT2D eigenvalue weighted by Crippen LogP contribution is -2.46. The Hall–Kier alpha value is -0.610. The van der Waals surface area contributed by atoms with Crippen LogP contribution in [0.4, 0.5) is 0 Å². The Bertz CT molecular complexity index is 147. The van der Waals surface area contributed by atoms with Crippen molar-refractivity contribution in [2.75, 3.05) is 26.3 Å². The summed E-state index contributed by atoms with van der Waals surface area (Å²) < 4.78 is 4.96. The van der Waals surface area contributed by atoms with Crippen molar-refractivity contribution in [2.24, 2.45) is 5.73 Å². The van der Waals surface area contributed by atoms with Crippen LogP contribution in [0.1, 0.15) is 6.92 Å². The minimum absolute atomic E-state index is 0.0496. The zero-order valence-corrected chi connectivity index (χ0v) is 6.75. The predicted octanol–water partition coefficient (Wildman–Crippen LogP) is -0.808. The predicted molar refractivity (Wildman–Crippen MR) is 41.0 cm³/mol. The molecular formula is C7H14N2O2. The van der Waals surface area contributed by atoms with Crippen molar-refractivity contribution in [1.82, 2.24) is 4.90 Å². The molecule has 0 radical (unpaired) electrons. The van der Waals surface area contributed by atoms with Crippen molar-refractivity contribution < 1.29 is 9.53 Å². The molecule has 0 aromatic carbocycles. The minimum Gasteiger partial charge on any atom is -0.370 e. The standard InChI is InChI=1S/C7H14N2O2/c1-6(8)4-9-2-3-11-5-7(9)10/h6H,2-5,8H2,1H3/t6-/m1/s1. The summed E-state index contributed by atoms with van der Waals surface area (Å²) in [5, 5.41) is 0. The molecule has 4 nitrogen and oxygen atoms in total. The quantitative estimate of drug-likeness (QED) is 0.572. The van der Waals surface area contributed by atoms with E-state index in [1.165, 1.54) is 0 Å². The van der Waals surface area contributed by atoms with Crippen LogP contribution in [0.15, 0.2) is 0 Å². The van der Waals surface area contributed by atoms with E-state index in [1.54, 1.807) is 4.90 Å². The molecule has 1 aliphatic rings. The molecule has 0 aromatic heterocycles. The second kappa shape index (κ2) is 3.69. The van der Waals surface area contributed by atoms with Gasteiger partial charge in [0.15, 0.2) is 0 Å². The zero-order chi connectivity index (χ0) is 8.27. The Morgan fingerprint density at radius 1 is 1.82 bits per heavy atom. The summed E-state index contributed by atoms with van der Waals surface area (Å²) >= 11 is 0. The third-order valence-electron chi connectivity index (χ3n) is 1.59. The van der Waals surface area contributed by atoms with E-state index in [0.717, 1.165) is 0 Å². The lowest BCUT2D eigenvalue weighted by Gasteiger charge is -2.27. The summed E-state index contributed by atoms with van der Waals surface area (Å²) in [6.45, 7) is 4.07. The largest absolute Gasteiger partial charge is 0.370 e. The number of rotatable bonds is 2. The molecule has 2 N–H and O–H groups in total. The summed E-state index contributed by atoms with van der Waals surface area (Å²) in [6, 6.07) is 0.0528. The topological polar surface area (TPSA) is 55.6 Å². The van der Waals surface area contributed by atoms with E-state index in [4.69, 9.17) is 10.5 Å². The Morgan fingerprint density at radius 2 is 2.55 bits per heavy atom. The Balaban J connectivity index is 2.36. The Kier molecular flexibility index (Phi) is 2.84. The van der Waals surface area contributed by atoms with Gasteiger partial charge in [0, 0.05) is 19.1 Å². The molecule has 0 saturated carbocycles. The van der Waals surface area contributed by atoms with Gasteiger partial charge in [0.2, 0.25) is 5.91 Å². The van der Waals surface area contributed by atoms with Gasteiger partial charge in [-0.05, 0) is 6.92 Å². The number of nitrogens with zero attached hydrogens (tertiary/aromatic N) is 1. The van der Waals surface area contributed by atoms with Gasteiger partial charge in [-0.15, -0.1) is 0 Å². The van der Waals surface area contributed by atoms with Gasteiger partial charge in [-0.2, -0.15) is 0 Å². The van der Waals surface area contributed by atoms with Crippen LogP contribution < -0.4 is 5.73 Å². The average Bonchev–Trinajstić information content (AvgIpc) is 1.93. The number of hydrogen-bond donors (Lipinski definition) is 1. The normalized spacial score (nSPS) is 22.0. The first kappa shape index (κ1) is 8.49. The van der Waals surface area contributed by atoms with Crippen molar-refractivity contribution in [2.45, 2.75) is 13.0 Å². The van der Waals surface area contributed by atoms with Crippen LogP contribution in [-0.2, 0) is 9.53 Å². The molecule has 0 aliphatic carbocycles. The lowest BCUT2D eigenvalue weighted by molar-refractivity contribution is -0.142. The molecule has 0 bridgehead atoms. The van der Waals surface area contributed by atoms with Crippen LogP contribution >= 0.6 is 0 Å². The minimum atomic E-state index is 0.0496. The summed E-state index contributed by atoms with van der Waals surface area (Å²) in [7, 11) is 0. The second-order valence-electron chi connectivity index (χ2n) is 2.87. The van der Waals surface area contributed by atoms with Gasteiger partial charge in [-0.1, -0.05) is 0 Å². The third kappa shape index (κ3) is 2.48. The van der Waals surface area contributed by atoms with Crippen LogP contribution in [0.25, 0.3) is 0 Å². The Labute approximate surface area is 66.3 Å². The molecule has 1 atom stereocenters. The monoisotopic (exact) mass is 158 g/mol. The highest BCUT2D eigenvalue weighted by Gasteiger charge is 2.18. The second-order valence-corrected chi connectivity index (χ2v) is 2.87. The number of hydrogen-bond acceptors (Lipinski definition) is 3. The van der Waals surface area contributed by atoms with E-state index in [9.17, 15) is 4.79 Å². The average molecular weight is 158 g/mol. The van der Waals surface area contributed by atoms with Crippen LogP contribution in [0.3, 0.4) is 0 Å². The van der Waals surface area contributed by atoms with Crippen molar-refractivity contribution >= 4 is 5.91 Å². The van der Waals surface area contributed by atoms with Gasteiger partial charge in [-0.25, -0.2) is 0 Å². The molecule has 1 rings (SSSR count). The number of carbonyl (C=O) groups is 1. The molecule has 64 valence electrons. The maximum Gasteiger partial charge on any atom is 0.248 e. The summed E-state index contributed by atoms with van der Waals surface area (Å²) in [6.07, 6.45) is 0. The maximum absolute atomic E-state index is 11.1. The van der Waals surface area contributed by atoms with E-state index >= 15 is 0 Å². The van der Waals surface area contributed by atoms with Gasteiger partial charge >= 0.3 is 0 Å². The van der Waals surface area contributed by atoms with Gasteiger partial charge in [-0.3, -0.25) is 4.79 Å². The number of amides is 1. The maximum atomic E-state index is 11.1. The molecule has 1 amide bonds. The molecule has 1 aliphatic heterocycles. The summed E-state index contributed by atoms with van der Waals surface area (Å²) in [5.41, 5.74) is 5.55. The van der Waals surface area contributed by atoms with E-state index in [-0.39, 0.29) is 18.6 Å². The molecule has 1 saturated heterocycles. The van der Waals surface area contributed by atoms with E-state index in [2.05, 4.69) is 0 Å². The van der Waals surface area contributed by atoms with Crippen LogP contribution in [0.5, 0.6) is 0 Å². The van der Waals surface area contributed by atoms with Crippen molar-refractivity contribution in [3.63, 3.8) is 0 Å². The summed E-state index contributed by atoms with van der Waals surface area (Å²) in [4.78, 5) is 12.8. The fraction of sp³-hybridized carbons (Fsp3) is 0.857. The molecule has 1 heterocycles. The lowest BCUT2D eigenvalue weighted by atomic mass is 10.3. The Morgan fingerprint density at radius 3 is 3.09 bits per heavy atom. The molecule has 1 fully saturated rings. The summed E-state index contributed by atoms with van der Waals surface area (Å²) in [5.74, 6) is 0.0496. The number of nitrogens with two attached hydrogens (primary N) is 1. The first-order valence-electron chi connectivity index (χ1n) is 3.81. The van der Waals surface area contributed by atoms with Gasteiger partial charge in [0.1, 0.15) is 6.61 Å². The fourth-order valence-electron chi connectivity index (χ4n) is 1.09. The molecular weight excluding hydrogens is 144 g/mol. The van der Waals surface area contributed by atoms with Gasteiger partial charge in [0.25, 0.3) is 0 Å². The van der Waals surface area contributed by atoms with Gasteiger partial charge in [0.05, 0.1) is 6.61 Å². The van der Waals surface area contributed by atoms with E-state index < -0.39 is 0 Å². The van der Waals surface area contributed by atoms with Crippen LogP contribution in [0.2, 0.25) is 0 Å². The van der Waals surface area contributed by atoms with E-state index in [0.29, 0.717) is 19.7 Å². The number of morpholine rings is 1. The number of ether oxygens (including phenoxy) is 1. The highest BCUT2D eigenvalue weighted by Crippen LogP contribution is 1.98. The van der Waals surface area contributed by atoms with Crippen molar-refractivity contribution in [3.05, 3.63) is 0 Å². The first-order valence-corrected chi connectivity index (χ1v) is 3.81. The fourth-order valence-corrected chi connectivity index (χ4v) is 1.09. The molecule has 0 aromatic rings. The third-order valence-corrected chi connectivity index (χ3v) is 1.59. The first-order chi connectivity index (χ1) is 5.20. The van der Waals surface area contributed by atoms with Crippen molar-refractivity contribution in [3.8, 4) is 0 Å². The van der Waals surface area contributed by atoms with Gasteiger partial charge < -0.3 is 15.4 Å². The molecule has 0 spiro atoms. The van der Waals surface area contributed by atoms with E-state index in [1.807, 2.05) is 6.92 Å². The highest BCUT2D eigenvalue weighted by molar-refractivity contribution is 5.78. The molecule has 4 heteroatoms. The SMILES string of the molecule is C[C@@H](N)CN1CCOCC1=O. The smallest absolute Gasteiger partial charge is 0.248 e. The van der Waals surface area contributed by atoms with Crippen molar-refractivity contribution in [1.29, 1.82) is 0 Å². The number of carbonyl (C=O) groups excluding carboxylic acids is 1. The van der Waals surface area contributed by atoms with Crippen LogP contribution in [0, 0.1) is 0 Å². The molecule has 11 heavy (non-hydrogen) atoms. The highest BCUT2D eigenvalue weighted by atomic mass is 16.5. The van der Waals surface area contributed by atoms with Crippen LogP contribution in [-0.4, -0.2) is 43.2 Å². The zero-order valence-electron chi connectivity index (χ0n) is 6.75. The molecule has 0 unspecified atom stereocenters.